The summed E-state index contributed by atoms with van der Waals surface area (Å²) in [6.07, 6.45) is 1.96. The molecule has 0 aliphatic carbocycles. The monoisotopic (exact) mass is 376 g/mol. The Hall–Kier alpha value is -2.25. The highest BCUT2D eigenvalue weighted by Gasteiger charge is 2.37. The average molecular weight is 376 g/mol. The predicted octanol–water partition coefficient (Wildman–Crippen LogP) is 2.69. The Morgan fingerprint density at radius 3 is 2.46 bits per heavy atom. The molecule has 0 unspecified atom stereocenters. The van der Waals surface area contributed by atoms with Gasteiger partial charge < -0.3 is 5.32 Å². The number of piperidine rings is 1. The van der Waals surface area contributed by atoms with E-state index in [0.29, 0.717) is 19.4 Å². The molecule has 0 aromatic heterocycles. The van der Waals surface area contributed by atoms with Gasteiger partial charge in [0.15, 0.2) is 0 Å². The van der Waals surface area contributed by atoms with Gasteiger partial charge >= 0.3 is 0 Å². The fourth-order valence-electron chi connectivity index (χ4n) is 3.10. The van der Waals surface area contributed by atoms with Crippen LogP contribution in [0.15, 0.2) is 59.5 Å². The van der Waals surface area contributed by atoms with Crippen molar-refractivity contribution in [3.05, 3.63) is 66.0 Å². The summed E-state index contributed by atoms with van der Waals surface area (Å²) >= 11 is 0. The number of sulfonamides is 1. The Morgan fingerprint density at radius 2 is 1.77 bits per heavy atom. The molecule has 0 radical (unpaired) electrons. The van der Waals surface area contributed by atoms with Crippen molar-refractivity contribution in [1.29, 1.82) is 0 Å². The molecule has 0 bridgehead atoms. The van der Waals surface area contributed by atoms with Gasteiger partial charge in [-0.25, -0.2) is 12.8 Å². The fraction of sp³-hybridized carbons (Fsp3) is 0.316. The van der Waals surface area contributed by atoms with E-state index in [4.69, 9.17) is 0 Å². The third-order valence-electron chi connectivity index (χ3n) is 4.49. The van der Waals surface area contributed by atoms with E-state index in [1.807, 2.05) is 30.3 Å². The van der Waals surface area contributed by atoms with E-state index < -0.39 is 21.9 Å². The number of halogens is 1. The van der Waals surface area contributed by atoms with E-state index >= 15 is 0 Å². The lowest BCUT2D eigenvalue weighted by atomic mass is 10.0. The van der Waals surface area contributed by atoms with Crippen LogP contribution in [-0.2, 0) is 21.4 Å². The molecule has 1 amide bonds. The summed E-state index contributed by atoms with van der Waals surface area (Å²) in [6, 6.07) is 13.4. The van der Waals surface area contributed by atoms with Crippen molar-refractivity contribution in [3.8, 4) is 0 Å². The Bertz CT molecular complexity index is 854. The van der Waals surface area contributed by atoms with Crippen LogP contribution in [0, 0.1) is 5.82 Å². The molecule has 138 valence electrons. The van der Waals surface area contributed by atoms with E-state index in [1.54, 1.807) is 0 Å². The van der Waals surface area contributed by atoms with Crippen LogP contribution in [0.4, 0.5) is 4.39 Å². The number of carbonyl (C=O) groups is 1. The molecule has 1 aliphatic heterocycles. The van der Waals surface area contributed by atoms with Crippen LogP contribution in [0.25, 0.3) is 0 Å². The van der Waals surface area contributed by atoms with Crippen LogP contribution in [-0.4, -0.2) is 31.2 Å². The molecule has 0 spiro atoms. The third-order valence-corrected chi connectivity index (χ3v) is 6.41. The number of nitrogens with zero attached hydrogens (tertiary/aromatic N) is 1. The van der Waals surface area contributed by atoms with Crippen LogP contribution in [0.2, 0.25) is 0 Å². The van der Waals surface area contributed by atoms with Gasteiger partial charge in [0.05, 0.1) is 4.90 Å². The molecule has 1 fully saturated rings. The smallest absolute Gasteiger partial charge is 0.243 e. The van der Waals surface area contributed by atoms with Gasteiger partial charge in [-0.2, -0.15) is 4.31 Å². The van der Waals surface area contributed by atoms with Crippen molar-refractivity contribution >= 4 is 15.9 Å². The van der Waals surface area contributed by atoms with Gasteiger partial charge in [-0.15, -0.1) is 0 Å². The first-order valence-corrected chi connectivity index (χ1v) is 10.0. The van der Waals surface area contributed by atoms with Crippen molar-refractivity contribution < 1.29 is 17.6 Å². The second-order valence-corrected chi connectivity index (χ2v) is 8.18. The van der Waals surface area contributed by atoms with Gasteiger partial charge in [0, 0.05) is 13.1 Å². The molecule has 7 heteroatoms. The Labute approximate surface area is 152 Å². The SMILES string of the molecule is O=C(NCc1ccccc1)[C@@H]1CCCCN1S(=O)(=O)c1ccc(F)cc1. The summed E-state index contributed by atoms with van der Waals surface area (Å²) in [4.78, 5) is 12.6. The average Bonchev–Trinajstić information content (AvgIpc) is 2.67. The largest absolute Gasteiger partial charge is 0.351 e. The van der Waals surface area contributed by atoms with Crippen molar-refractivity contribution in [2.75, 3.05) is 6.54 Å². The molecule has 1 heterocycles. The van der Waals surface area contributed by atoms with Gasteiger partial charge in [0.25, 0.3) is 0 Å². The number of hydrogen-bond donors (Lipinski definition) is 1. The highest BCUT2D eigenvalue weighted by Crippen LogP contribution is 2.25. The van der Waals surface area contributed by atoms with Gasteiger partial charge in [-0.05, 0) is 42.7 Å². The molecule has 5 nitrogen and oxygen atoms in total. The minimum absolute atomic E-state index is 0.00154. The maximum Gasteiger partial charge on any atom is 0.243 e. The van der Waals surface area contributed by atoms with Crippen molar-refractivity contribution in [2.24, 2.45) is 0 Å². The first-order chi connectivity index (χ1) is 12.5. The van der Waals surface area contributed by atoms with E-state index in [2.05, 4.69) is 5.32 Å². The maximum absolute atomic E-state index is 13.1. The molecule has 0 saturated carbocycles. The van der Waals surface area contributed by atoms with Crippen LogP contribution in [0.1, 0.15) is 24.8 Å². The molecule has 2 aromatic carbocycles. The number of nitrogens with one attached hydrogen (secondary N) is 1. The van der Waals surface area contributed by atoms with Crippen LogP contribution in [0.5, 0.6) is 0 Å². The highest BCUT2D eigenvalue weighted by molar-refractivity contribution is 7.89. The lowest BCUT2D eigenvalue weighted by Gasteiger charge is -2.33. The predicted molar refractivity (Wildman–Crippen MR) is 96.2 cm³/mol. The summed E-state index contributed by atoms with van der Waals surface area (Å²) in [7, 11) is -3.85. The minimum Gasteiger partial charge on any atom is -0.351 e. The number of hydrogen-bond acceptors (Lipinski definition) is 3. The van der Waals surface area contributed by atoms with Gasteiger partial charge in [0.2, 0.25) is 15.9 Å². The molecule has 1 N–H and O–H groups in total. The normalized spacial score (nSPS) is 18.4. The van der Waals surface area contributed by atoms with Crippen LogP contribution >= 0.6 is 0 Å². The van der Waals surface area contributed by atoms with Gasteiger partial charge in [0.1, 0.15) is 11.9 Å². The maximum atomic E-state index is 13.1. The molecular weight excluding hydrogens is 355 g/mol. The molecule has 1 aliphatic rings. The zero-order valence-electron chi connectivity index (χ0n) is 14.3. The number of benzene rings is 2. The van der Waals surface area contributed by atoms with E-state index in [1.165, 1.54) is 16.4 Å². The first kappa shape index (κ1) is 18.5. The second kappa shape index (κ2) is 7.97. The lowest BCUT2D eigenvalue weighted by Crippen LogP contribution is -2.51. The molecule has 3 rings (SSSR count). The summed E-state index contributed by atoms with van der Waals surface area (Å²) in [5.41, 5.74) is 0.949. The zero-order valence-corrected chi connectivity index (χ0v) is 15.1. The summed E-state index contributed by atoms with van der Waals surface area (Å²) < 4.78 is 40.2. The quantitative estimate of drug-likeness (QED) is 0.873. The summed E-state index contributed by atoms with van der Waals surface area (Å²) in [6.45, 7) is 0.629. The van der Waals surface area contributed by atoms with Gasteiger partial charge in [-0.1, -0.05) is 36.8 Å². The zero-order chi connectivity index (χ0) is 18.6. The number of rotatable bonds is 5. The van der Waals surface area contributed by atoms with E-state index in [0.717, 1.165) is 24.1 Å². The van der Waals surface area contributed by atoms with E-state index in [-0.39, 0.29) is 17.3 Å². The molecule has 26 heavy (non-hydrogen) atoms. The topological polar surface area (TPSA) is 66.5 Å². The Balaban J connectivity index is 1.76. The van der Waals surface area contributed by atoms with Gasteiger partial charge in [-0.3, -0.25) is 4.79 Å². The standard InChI is InChI=1S/C19H21FN2O3S/c20-16-9-11-17(12-10-16)26(24,25)22-13-5-4-8-18(22)19(23)21-14-15-6-2-1-3-7-15/h1-3,6-7,9-12,18H,4-5,8,13-14H2,(H,21,23)/t18-/m0/s1. The Morgan fingerprint density at radius 1 is 1.08 bits per heavy atom. The molecular formula is C19H21FN2O3S. The van der Waals surface area contributed by atoms with Crippen molar-refractivity contribution in [3.63, 3.8) is 0 Å². The van der Waals surface area contributed by atoms with Crippen LogP contribution in [0.3, 0.4) is 0 Å². The van der Waals surface area contributed by atoms with Crippen molar-refractivity contribution in [1.82, 2.24) is 9.62 Å². The highest BCUT2D eigenvalue weighted by atomic mass is 32.2. The molecule has 1 saturated heterocycles. The molecule has 2 aromatic rings. The fourth-order valence-corrected chi connectivity index (χ4v) is 4.76. The lowest BCUT2D eigenvalue weighted by molar-refractivity contribution is -0.125. The minimum atomic E-state index is -3.85. The first-order valence-electron chi connectivity index (χ1n) is 8.57. The second-order valence-electron chi connectivity index (χ2n) is 6.28. The Kier molecular flexibility index (Phi) is 5.68. The summed E-state index contributed by atoms with van der Waals surface area (Å²) in [5.74, 6) is -0.806. The number of carbonyl (C=O) groups excluding carboxylic acids is 1. The summed E-state index contributed by atoms with van der Waals surface area (Å²) in [5, 5.41) is 2.83. The van der Waals surface area contributed by atoms with Crippen molar-refractivity contribution in [2.45, 2.75) is 36.7 Å². The molecule has 1 atom stereocenters. The number of amides is 1. The third kappa shape index (κ3) is 4.11. The van der Waals surface area contributed by atoms with E-state index in [9.17, 15) is 17.6 Å². The van der Waals surface area contributed by atoms with Crippen LogP contribution < -0.4 is 5.32 Å².